The zero-order valence-electron chi connectivity index (χ0n) is 28.6. The van der Waals surface area contributed by atoms with Gasteiger partial charge >= 0.3 is 7.82 Å². The fraction of sp³-hybridized carbons (Fsp3) is 0.361. The molecule has 4 N–H and O–H groups in total. The lowest BCUT2D eigenvalue weighted by atomic mass is 9.99. The van der Waals surface area contributed by atoms with Gasteiger partial charge < -0.3 is 25.6 Å². The number of aliphatic hydroxyl groups excluding tert-OH is 1. The van der Waals surface area contributed by atoms with Crippen LogP contribution in [0.15, 0.2) is 78.2 Å². The molecule has 49 heavy (non-hydrogen) atoms. The highest BCUT2D eigenvalue weighted by molar-refractivity contribution is 7.48. The number of aromatic nitrogens is 1. The van der Waals surface area contributed by atoms with Crippen LogP contribution in [0, 0.1) is 6.92 Å². The van der Waals surface area contributed by atoms with Gasteiger partial charge in [-0.25, -0.2) is 9.55 Å². The predicted octanol–water partition coefficient (Wildman–Crippen LogP) is 6.34. The third-order valence-corrected chi connectivity index (χ3v) is 10.3. The summed E-state index contributed by atoms with van der Waals surface area (Å²) in [6.07, 6.45) is -0.589. The highest BCUT2D eigenvalue weighted by atomic mass is 32.1. The molecule has 1 heterocycles. The van der Waals surface area contributed by atoms with E-state index in [1.165, 1.54) is 25.6 Å². The Morgan fingerprint density at radius 2 is 1.57 bits per heavy atom. The molecule has 0 fully saturated rings. The number of phosphoric ester groups is 1. The van der Waals surface area contributed by atoms with E-state index in [2.05, 4.69) is 20.9 Å². The van der Waals surface area contributed by atoms with Crippen molar-refractivity contribution in [1.29, 1.82) is 0 Å². The van der Waals surface area contributed by atoms with Gasteiger partial charge in [0.05, 0.1) is 18.2 Å². The molecular formula is C36H45N4O7PS. The molecule has 3 unspecified atom stereocenters. The van der Waals surface area contributed by atoms with E-state index < -0.39 is 25.9 Å². The highest BCUT2D eigenvalue weighted by Crippen LogP contribution is 2.48. The molecule has 4 rings (SSSR count). The van der Waals surface area contributed by atoms with Gasteiger partial charge in [-0.2, -0.15) is 0 Å². The summed E-state index contributed by atoms with van der Waals surface area (Å²) < 4.78 is 28.1. The standard InChI is InChI=1S/C36H45N4O7PS/c1-23(2)30-15-27(16-31(19-30)47-48(44,45-5)46-6)20-37-21-33(41)32(17-26-11-8-7-9-12-26)40-35(43)29-14-10-13-28(18-29)34(42)39-25(4)36-38-24(3)22-49-36/h7-16,18-19,22-23,25,32-33,37,41H,17,20-21H2,1-6H3,(H,39,42)(H,40,43). The first-order chi connectivity index (χ1) is 23.4. The minimum absolute atomic E-state index is 0.158. The maximum atomic E-state index is 13.5. The van der Waals surface area contributed by atoms with Gasteiger partial charge in [-0.1, -0.05) is 56.3 Å². The van der Waals surface area contributed by atoms with E-state index in [4.69, 9.17) is 13.6 Å². The van der Waals surface area contributed by atoms with Gasteiger partial charge in [0, 0.05) is 49.5 Å². The summed E-state index contributed by atoms with van der Waals surface area (Å²) in [5, 5.41) is 23.3. The van der Waals surface area contributed by atoms with E-state index in [-0.39, 0.29) is 24.4 Å². The lowest BCUT2D eigenvalue weighted by molar-refractivity contribution is 0.0830. The van der Waals surface area contributed by atoms with Gasteiger partial charge in [0.1, 0.15) is 10.8 Å². The van der Waals surface area contributed by atoms with Crippen LogP contribution in [0.3, 0.4) is 0 Å². The molecule has 262 valence electrons. The predicted molar refractivity (Wildman–Crippen MR) is 191 cm³/mol. The number of phosphoric acid groups is 1. The average Bonchev–Trinajstić information content (AvgIpc) is 3.54. The second-order valence-corrected chi connectivity index (χ2v) is 14.7. The van der Waals surface area contributed by atoms with E-state index >= 15 is 0 Å². The lowest BCUT2D eigenvalue weighted by Crippen LogP contribution is -2.48. The monoisotopic (exact) mass is 708 g/mol. The molecule has 0 aliphatic carbocycles. The molecule has 0 spiro atoms. The normalized spacial score (nSPS) is 13.5. The van der Waals surface area contributed by atoms with Crippen molar-refractivity contribution in [1.82, 2.24) is 20.9 Å². The Balaban J connectivity index is 1.45. The quantitative estimate of drug-likeness (QED) is 0.0923. The minimum atomic E-state index is -3.75. The van der Waals surface area contributed by atoms with E-state index in [0.29, 0.717) is 29.8 Å². The van der Waals surface area contributed by atoms with Crippen LogP contribution in [-0.4, -0.2) is 54.8 Å². The number of rotatable bonds is 17. The van der Waals surface area contributed by atoms with Gasteiger partial charge in [0.25, 0.3) is 11.8 Å². The number of carbonyl (C=O) groups excluding carboxylic acids is 2. The van der Waals surface area contributed by atoms with E-state index in [9.17, 15) is 19.3 Å². The molecule has 0 aliphatic rings. The van der Waals surface area contributed by atoms with Crippen LogP contribution in [0.2, 0.25) is 0 Å². The van der Waals surface area contributed by atoms with Crippen molar-refractivity contribution in [2.24, 2.45) is 0 Å². The largest absolute Gasteiger partial charge is 0.529 e. The molecule has 0 radical (unpaired) electrons. The molecule has 13 heteroatoms. The number of hydrogen-bond acceptors (Lipinski definition) is 10. The van der Waals surface area contributed by atoms with Crippen LogP contribution >= 0.6 is 19.2 Å². The Morgan fingerprint density at radius 3 is 2.18 bits per heavy atom. The number of amides is 2. The average molecular weight is 709 g/mol. The van der Waals surface area contributed by atoms with Crippen LogP contribution in [0.25, 0.3) is 0 Å². The molecule has 0 saturated carbocycles. The van der Waals surface area contributed by atoms with Crippen molar-refractivity contribution >= 4 is 31.0 Å². The second kappa shape index (κ2) is 17.7. The maximum absolute atomic E-state index is 13.5. The molecule has 3 atom stereocenters. The van der Waals surface area contributed by atoms with Crippen LogP contribution in [-0.2, 0) is 26.6 Å². The summed E-state index contributed by atoms with van der Waals surface area (Å²) >= 11 is 1.48. The highest BCUT2D eigenvalue weighted by Gasteiger charge is 2.26. The Hall–Kier alpha value is -3.90. The van der Waals surface area contributed by atoms with E-state index in [1.54, 1.807) is 36.4 Å². The molecule has 0 bridgehead atoms. The minimum Gasteiger partial charge on any atom is -0.404 e. The van der Waals surface area contributed by atoms with Gasteiger partial charge in [-0.3, -0.25) is 18.6 Å². The zero-order valence-corrected chi connectivity index (χ0v) is 30.3. The molecule has 4 aromatic rings. The van der Waals surface area contributed by atoms with Gasteiger partial charge in [-0.05, 0) is 73.2 Å². The summed E-state index contributed by atoms with van der Waals surface area (Å²) in [6.45, 7) is 8.36. The molecule has 0 saturated heterocycles. The van der Waals surface area contributed by atoms with Crippen molar-refractivity contribution < 1.29 is 32.8 Å². The van der Waals surface area contributed by atoms with Crippen LogP contribution in [0.4, 0.5) is 0 Å². The Bertz CT molecular complexity index is 1740. The maximum Gasteiger partial charge on any atom is 0.529 e. The molecule has 0 aliphatic heterocycles. The Labute approximate surface area is 292 Å². The summed E-state index contributed by atoms with van der Waals surface area (Å²) in [7, 11) is -1.24. The number of carbonyl (C=O) groups is 2. The lowest BCUT2D eigenvalue weighted by Gasteiger charge is -2.25. The van der Waals surface area contributed by atoms with Crippen LogP contribution in [0.5, 0.6) is 5.75 Å². The van der Waals surface area contributed by atoms with Gasteiger partial charge in [-0.15, -0.1) is 11.3 Å². The Kier molecular flexibility index (Phi) is 13.7. The molecule has 2 amide bonds. The fourth-order valence-electron chi connectivity index (χ4n) is 5.08. The zero-order chi connectivity index (χ0) is 35.6. The molecule has 3 aromatic carbocycles. The second-order valence-electron chi connectivity index (χ2n) is 12.0. The number of thiazole rings is 1. The number of aryl methyl sites for hydroxylation is 1. The molecule has 1 aromatic heterocycles. The van der Waals surface area contributed by atoms with Crippen molar-refractivity contribution in [2.45, 2.75) is 64.8 Å². The van der Waals surface area contributed by atoms with Gasteiger partial charge in [0.2, 0.25) is 0 Å². The van der Waals surface area contributed by atoms with Crippen LogP contribution < -0.4 is 20.5 Å². The number of nitrogens with one attached hydrogen (secondary N) is 3. The van der Waals surface area contributed by atoms with Gasteiger partial charge in [0.15, 0.2) is 0 Å². The molecular weight excluding hydrogens is 663 g/mol. The first kappa shape index (κ1) is 37.9. The topological polar surface area (TPSA) is 148 Å². The van der Waals surface area contributed by atoms with E-state index in [0.717, 1.165) is 27.4 Å². The summed E-state index contributed by atoms with van der Waals surface area (Å²) in [6, 6.07) is 20.7. The van der Waals surface area contributed by atoms with Crippen molar-refractivity contribution in [2.75, 3.05) is 20.8 Å². The Morgan fingerprint density at radius 1 is 0.898 bits per heavy atom. The van der Waals surface area contributed by atoms with Crippen molar-refractivity contribution in [3.05, 3.63) is 117 Å². The number of aliphatic hydroxyl groups is 1. The number of benzene rings is 3. The third kappa shape index (κ3) is 11.1. The summed E-state index contributed by atoms with van der Waals surface area (Å²) in [5.41, 5.74) is 4.28. The summed E-state index contributed by atoms with van der Waals surface area (Å²) in [4.78, 5) is 31.0. The first-order valence-electron chi connectivity index (χ1n) is 16.0. The third-order valence-electron chi connectivity index (χ3n) is 7.82. The van der Waals surface area contributed by atoms with Crippen molar-refractivity contribution in [3.63, 3.8) is 0 Å². The fourth-order valence-corrected chi connectivity index (χ4v) is 6.54. The summed E-state index contributed by atoms with van der Waals surface area (Å²) in [5.74, 6) is -0.223. The number of nitrogens with zero attached hydrogens (tertiary/aromatic N) is 1. The van der Waals surface area contributed by atoms with Crippen molar-refractivity contribution in [3.8, 4) is 5.75 Å². The number of hydrogen-bond donors (Lipinski definition) is 4. The van der Waals surface area contributed by atoms with E-state index in [1.807, 2.05) is 69.5 Å². The molecule has 11 nitrogen and oxygen atoms in total. The smallest absolute Gasteiger partial charge is 0.404 e. The SMILES string of the molecule is COP(=O)(OC)Oc1cc(CNCC(O)C(Cc2ccccc2)NC(=O)c2cccc(C(=O)NC(C)c3nc(C)cs3)c2)cc(C(C)C)c1. The van der Waals surface area contributed by atoms with Crippen LogP contribution in [0.1, 0.15) is 80.8 Å². The first-order valence-corrected chi connectivity index (χ1v) is 18.3.